The molecule has 1 amide bonds. The van der Waals surface area contributed by atoms with Gasteiger partial charge in [-0.3, -0.25) is 9.20 Å². The third-order valence-corrected chi connectivity index (χ3v) is 4.20. The molecule has 2 aromatic heterocycles. The van der Waals surface area contributed by atoms with Gasteiger partial charge >= 0.3 is 0 Å². The summed E-state index contributed by atoms with van der Waals surface area (Å²) in [5.74, 6) is 0.433. The molecule has 0 aliphatic heterocycles. The summed E-state index contributed by atoms with van der Waals surface area (Å²) in [6, 6.07) is 10.5. The molecule has 1 aromatic carbocycles. The van der Waals surface area contributed by atoms with E-state index < -0.39 is 0 Å². The van der Waals surface area contributed by atoms with E-state index in [1.54, 1.807) is 24.3 Å². The number of nitrogens with one attached hydrogen (secondary N) is 1. The highest BCUT2D eigenvalue weighted by molar-refractivity contribution is 6.42. The van der Waals surface area contributed by atoms with Crippen molar-refractivity contribution in [2.75, 3.05) is 0 Å². The molecule has 2 heterocycles. The maximum absolute atomic E-state index is 12.1. The first-order valence-corrected chi connectivity index (χ1v) is 8.03. The fourth-order valence-electron chi connectivity index (χ4n) is 2.27. The van der Waals surface area contributed by atoms with Gasteiger partial charge in [0.2, 0.25) is 5.91 Å². The zero-order chi connectivity index (χ0) is 17.1. The molecule has 7 heteroatoms. The van der Waals surface area contributed by atoms with Crippen LogP contribution >= 0.6 is 23.2 Å². The number of amides is 1. The molecule has 1 unspecified atom stereocenters. The number of carbonyl (C=O) groups excluding carboxylic acids is 1. The summed E-state index contributed by atoms with van der Waals surface area (Å²) in [7, 11) is 0. The monoisotopic (exact) mass is 360 g/mol. The highest BCUT2D eigenvalue weighted by atomic mass is 35.5. The SMILES string of the molecule is CC(NC(=O)/C=C/c1ccc(Cl)c(Cl)c1)c1nnc2ccccn12. The van der Waals surface area contributed by atoms with Crippen LogP contribution in [-0.2, 0) is 4.79 Å². The molecule has 0 saturated carbocycles. The van der Waals surface area contributed by atoms with E-state index in [4.69, 9.17) is 23.2 Å². The number of rotatable bonds is 4. The molecule has 0 fully saturated rings. The van der Waals surface area contributed by atoms with E-state index in [9.17, 15) is 4.79 Å². The molecule has 0 aliphatic carbocycles. The molecule has 1 atom stereocenters. The summed E-state index contributed by atoms with van der Waals surface area (Å²) in [6.45, 7) is 1.86. The molecular formula is C17H14Cl2N4O. The van der Waals surface area contributed by atoms with Crippen LogP contribution < -0.4 is 5.32 Å². The van der Waals surface area contributed by atoms with Gasteiger partial charge in [-0.2, -0.15) is 0 Å². The quantitative estimate of drug-likeness (QED) is 0.717. The number of fused-ring (bicyclic) bond motifs is 1. The first kappa shape index (κ1) is 16.5. The average Bonchev–Trinajstić information content (AvgIpc) is 3.00. The Hall–Kier alpha value is -2.37. The van der Waals surface area contributed by atoms with E-state index in [2.05, 4.69) is 15.5 Å². The smallest absolute Gasteiger partial charge is 0.244 e. The minimum atomic E-state index is -0.284. The van der Waals surface area contributed by atoms with Crippen LogP contribution in [0.4, 0.5) is 0 Å². The van der Waals surface area contributed by atoms with Gasteiger partial charge in [0, 0.05) is 12.3 Å². The molecule has 1 N–H and O–H groups in total. The molecule has 3 rings (SSSR count). The molecule has 0 saturated heterocycles. The van der Waals surface area contributed by atoms with E-state index in [-0.39, 0.29) is 11.9 Å². The second-order valence-electron chi connectivity index (χ2n) is 5.22. The number of nitrogens with zero attached hydrogens (tertiary/aromatic N) is 3. The van der Waals surface area contributed by atoms with E-state index in [0.29, 0.717) is 15.9 Å². The van der Waals surface area contributed by atoms with Crippen molar-refractivity contribution in [2.24, 2.45) is 0 Å². The normalized spacial score (nSPS) is 12.6. The summed E-state index contributed by atoms with van der Waals surface area (Å²) in [6.07, 6.45) is 4.98. The van der Waals surface area contributed by atoms with Crippen LogP contribution in [0.5, 0.6) is 0 Å². The van der Waals surface area contributed by atoms with Crippen molar-refractivity contribution >= 4 is 40.8 Å². The number of halogens is 2. The Morgan fingerprint density at radius 3 is 2.83 bits per heavy atom. The van der Waals surface area contributed by atoms with E-state index >= 15 is 0 Å². The van der Waals surface area contributed by atoms with E-state index in [0.717, 1.165) is 11.2 Å². The second-order valence-corrected chi connectivity index (χ2v) is 6.04. The van der Waals surface area contributed by atoms with Gasteiger partial charge in [-0.1, -0.05) is 35.3 Å². The molecule has 3 aromatic rings. The lowest BCUT2D eigenvalue weighted by atomic mass is 10.2. The first-order valence-electron chi connectivity index (χ1n) is 7.28. The maximum Gasteiger partial charge on any atom is 0.244 e. The Morgan fingerprint density at radius 1 is 1.21 bits per heavy atom. The van der Waals surface area contributed by atoms with Gasteiger partial charge < -0.3 is 5.32 Å². The molecule has 24 heavy (non-hydrogen) atoms. The second kappa shape index (κ2) is 7.03. The Labute approximate surface area is 148 Å². The maximum atomic E-state index is 12.1. The topological polar surface area (TPSA) is 59.3 Å². The highest BCUT2D eigenvalue weighted by Gasteiger charge is 2.14. The summed E-state index contributed by atoms with van der Waals surface area (Å²) < 4.78 is 1.84. The van der Waals surface area contributed by atoms with Crippen LogP contribution in [0.3, 0.4) is 0 Å². The number of benzene rings is 1. The molecule has 122 valence electrons. The number of pyridine rings is 1. The number of hydrogen-bond donors (Lipinski definition) is 1. The predicted molar refractivity (Wildman–Crippen MR) is 95.0 cm³/mol. The number of hydrogen-bond acceptors (Lipinski definition) is 3. The number of aromatic nitrogens is 3. The third-order valence-electron chi connectivity index (χ3n) is 3.46. The van der Waals surface area contributed by atoms with Crippen molar-refractivity contribution in [3.05, 3.63) is 70.1 Å². The van der Waals surface area contributed by atoms with Crippen molar-refractivity contribution in [3.63, 3.8) is 0 Å². The van der Waals surface area contributed by atoms with Crippen LogP contribution in [-0.4, -0.2) is 20.5 Å². The van der Waals surface area contributed by atoms with Crippen LogP contribution in [0, 0.1) is 0 Å². The van der Waals surface area contributed by atoms with Crippen LogP contribution in [0.1, 0.15) is 24.4 Å². The summed E-state index contributed by atoms with van der Waals surface area (Å²) in [4.78, 5) is 12.1. The lowest BCUT2D eigenvalue weighted by molar-refractivity contribution is -0.117. The lowest BCUT2D eigenvalue weighted by Gasteiger charge is -2.10. The van der Waals surface area contributed by atoms with Gasteiger partial charge in [0.05, 0.1) is 16.1 Å². The van der Waals surface area contributed by atoms with E-state index in [1.807, 2.05) is 35.7 Å². The van der Waals surface area contributed by atoms with Gasteiger partial charge in [0.1, 0.15) is 0 Å². The molecular weight excluding hydrogens is 347 g/mol. The predicted octanol–water partition coefficient (Wildman–Crippen LogP) is 3.93. The van der Waals surface area contributed by atoms with Crippen molar-refractivity contribution in [3.8, 4) is 0 Å². The van der Waals surface area contributed by atoms with Gasteiger partial charge in [0.25, 0.3) is 0 Å². The first-order chi connectivity index (χ1) is 11.5. The largest absolute Gasteiger partial charge is 0.343 e. The standard InChI is InChI=1S/C17H14Cl2N4O/c1-11(17-22-21-15-4-2-3-9-23(15)17)20-16(24)8-6-12-5-7-13(18)14(19)10-12/h2-11H,1H3,(H,20,24)/b8-6+. The number of carbonyl (C=O) groups is 1. The van der Waals surface area contributed by atoms with Crippen molar-refractivity contribution in [2.45, 2.75) is 13.0 Å². The molecule has 0 aliphatic rings. The Bertz CT molecular complexity index is 920. The van der Waals surface area contributed by atoms with E-state index in [1.165, 1.54) is 6.08 Å². The zero-order valence-corrected chi connectivity index (χ0v) is 14.3. The molecule has 0 spiro atoms. The van der Waals surface area contributed by atoms with Gasteiger partial charge in [-0.15, -0.1) is 10.2 Å². The van der Waals surface area contributed by atoms with Crippen molar-refractivity contribution in [1.82, 2.24) is 19.9 Å². The van der Waals surface area contributed by atoms with Crippen molar-refractivity contribution < 1.29 is 4.79 Å². The Morgan fingerprint density at radius 2 is 2.04 bits per heavy atom. The van der Waals surface area contributed by atoms with Crippen molar-refractivity contribution in [1.29, 1.82) is 0 Å². The fourth-order valence-corrected chi connectivity index (χ4v) is 2.58. The molecule has 5 nitrogen and oxygen atoms in total. The Balaban J connectivity index is 1.70. The van der Waals surface area contributed by atoms with Crippen LogP contribution in [0.15, 0.2) is 48.7 Å². The minimum absolute atomic E-state index is 0.235. The summed E-state index contributed by atoms with van der Waals surface area (Å²) >= 11 is 11.8. The average molecular weight is 361 g/mol. The summed E-state index contributed by atoms with van der Waals surface area (Å²) in [5, 5.41) is 12.0. The Kier molecular flexibility index (Phi) is 4.83. The minimum Gasteiger partial charge on any atom is -0.343 e. The van der Waals surface area contributed by atoms with Crippen LogP contribution in [0.2, 0.25) is 10.0 Å². The molecule has 0 radical (unpaired) electrons. The third kappa shape index (κ3) is 3.58. The molecule has 0 bridgehead atoms. The highest BCUT2D eigenvalue weighted by Crippen LogP contribution is 2.23. The van der Waals surface area contributed by atoms with Gasteiger partial charge in [-0.25, -0.2) is 0 Å². The lowest BCUT2D eigenvalue weighted by Crippen LogP contribution is -2.26. The van der Waals surface area contributed by atoms with Gasteiger partial charge in [0.15, 0.2) is 11.5 Å². The van der Waals surface area contributed by atoms with Gasteiger partial charge in [-0.05, 0) is 42.8 Å². The van der Waals surface area contributed by atoms with Crippen LogP contribution in [0.25, 0.3) is 11.7 Å². The summed E-state index contributed by atoms with van der Waals surface area (Å²) in [5.41, 5.74) is 1.53. The zero-order valence-electron chi connectivity index (χ0n) is 12.8. The fraction of sp³-hybridized carbons (Fsp3) is 0.118.